The van der Waals surface area contributed by atoms with Crippen molar-refractivity contribution in [1.82, 2.24) is 19.5 Å². The van der Waals surface area contributed by atoms with Crippen LogP contribution in [0.3, 0.4) is 0 Å². The van der Waals surface area contributed by atoms with E-state index in [1.165, 1.54) is 32.1 Å². The molecule has 3 saturated carbocycles. The molecule has 0 spiro atoms. The van der Waals surface area contributed by atoms with Crippen molar-refractivity contribution in [1.29, 1.82) is 0 Å². The van der Waals surface area contributed by atoms with Gasteiger partial charge in [-0.15, -0.1) is 0 Å². The molecule has 0 bridgehead atoms. The highest BCUT2D eigenvalue weighted by Crippen LogP contribution is 2.63. The SMILES string of the molecule is CC1(C)O[C@@H]2[C@@H]3C[C@@H]3[C@@H](n3cnc4c(NC5CCCC5)nc(Cl)nc43)[C@@H]2O1. The number of fused-ring (bicyclic) bond motifs is 4. The summed E-state index contributed by atoms with van der Waals surface area (Å²) >= 11 is 6.29. The maximum Gasteiger partial charge on any atom is 0.226 e. The van der Waals surface area contributed by atoms with Crippen LogP contribution in [0.1, 0.15) is 52.0 Å². The molecule has 3 aliphatic carbocycles. The number of nitrogens with zero attached hydrogens (tertiary/aromatic N) is 4. The van der Waals surface area contributed by atoms with Crippen LogP contribution in [-0.4, -0.2) is 43.6 Å². The number of hydrogen-bond donors (Lipinski definition) is 1. The Bertz CT molecular complexity index is 909. The van der Waals surface area contributed by atoms with Gasteiger partial charge in [0.1, 0.15) is 6.10 Å². The molecule has 6 rings (SSSR count). The normalized spacial score (nSPS) is 36.9. The Morgan fingerprint density at radius 3 is 2.74 bits per heavy atom. The first-order valence-electron chi connectivity index (χ1n) is 10.0. The fourth-order valence-corrected chi connectivity index (χ4v) is 5.66. The maximum atomic E-state index is 6.29. The van der Waals surface area contributed by atoms with E-state index in [0.29, 0.717) is 17.9 Å². The van der Waals surface area contributed by atoms with E-state index in [1.54, 1.807) is 0 Å². The molecule has 5 atom stereocenters. The third-order valence-electron chi connectivity index (χ3n) is 6.66. The molecule has 1 aliphatic heterocycles. The highest BCUT2D eigenvalue weighted by atomic mass is 35.5. The smallest absolute Gasteiger partial charge is 0.226 e. The van der Waals surface area contributed by atoms with E-state index in [0.717, 1.165) is 17.0 Å². The first-order valence-corrected chi connectivity index (χ1v) is 10.4. The van der Waals surface area contributed by atoms with Crippen molar-refractivity contribution in [2.75, 3.05) is 5.32 Å². The van der Waals surface area contributed by atoms with Gasteiger partial charge in [-0.1, -0.05) is 12.8 Å². The summed E-state index contributed by atoms with van der Waals surface area (Å²) in [4.78, 5) is 13.6. The van der Waals surface area contributed by atoms with Gasteiger partial charge in [-0.25, -0.2) is 4.98 Å². The van der Waals surface area contributed by atoms with Gasteiger partial charge in [-0.05, 0) is 56.5 Å². The minimum absolute atomic E-state index is 0.0427. The van der Waals surface area contributed by atoms with E-state index in [9.17, 15) is 0 Å². The summed E-state index contributed by atoms with van der Waals surface area (Å²) in [6.07, 6.45) is 8.12. The van der Waals surface area contributed by atoms with Crippen molar-refractivity contribution in [2.24, 2.45) is 11.8 Å². The largest absolute Gasteiger partial charge is 0.365 e. The number of aromatic nitrogens is 4. The minimum Gasteiger partial charge on any atom is -0.365 e. The minimum atomic E-state index is -0.528. The van der Waals surface area contributed by atoms with E-state index in [4.69, 9.17) is 21.1 Å². The fourth-order valence-electron chi connectivity index (χ4n) is 5.50. The quantitative estimate of drug-likeness (QED) is 0.809. The second-order valence-corrected chi connectivity index (χ2v) is 9.25. The predicted octanol–water partition coefficient (Wildman–Crippen LogP) is 3.55. The number of nitrogens with one attached hydrogen (secondary N) is 1. The number of ether oxygens (including phenoxy) is 2. The van der Waals surface area contributed by atoms with Crippen LogP contribution in [0, 0.1) is 11.8 Å². The van der Waals surface area contributed by atoms with Gasteiger partial charge < -0.3 is 19.4 Å². The van der Waals surface area contributed by atoms with Crippen LogP contribution in [-0.2, 0) is 9.47 Å². The number of rotatable bonds is 3. The van der Waals surface area contributed by atoms with Crippen LogP contribution >= 0.6 is 11.6 Å². The number of imidazole rings is 1. The van der Waals surface area contributed by atoms with E-state index < -0.39 is 5.79 Å². The van der Waals surface area contributed by atoms with Crippen molar-refractivity contribution in [3.8, 4) is 0 Å². The summed E-state index contributed by atoms with van der Waals surface area (Å²) < 4.78 is 14.6. The zero-order valence-corrected chi connectivity index (χ0v) is 16.3. The van der Waals surface area contributed by atoms with Gasteiger partial charge in [0.2, 0.25) is 5.28 Å². The molecule has 3 heterocycles. The van der Waals surface area contributed by atoms with Gasteiger partial charge >= 0.3 is 0 Å². The second-order valence-electron chi connectivity index (χ2n) is 8.91. The Morgan fingerprint density at radius 2 is 1.93 bits per heavy atom. The average molecular weight is 390 g/mol. The van der Waals surface area contributed by atoms with Crippen LogP contribution in [0.25, 0.3) is 11.2 Å². The zero-order valence-electron chi connectivity index (χ0n) is 15.6. The van der Waals surface area contributed by atoms with Gasteiger partial charge in [-0.2, -0.15) is 9.97 Å². The lowest BCUT2D eigenvalue weighted by Gasteiger charge is -2.24. The monoisotopic (exact) mass is 389 g/mol. The topological polar surface area (TPSA) is 74.1 Å². The highest BCUT2D eigenvalue weighted by molar-refractivity contribution is 6.28. The summed E-state index contributed by atoms with van der Waals surface area (Å²) in [6.45, 7) is 3.99. The summed E-state index contributed by atoms with van der Waals surface area (Å²) in [7, 11) is 0. The van der Waals surface area contributed by atoms with E-state index in [-0.39, 0.29) is 23.5 Å². The number of halogens is 1. The van der Waals surface area contributed by atoms with Crippen LogP contribution < -0.4 is 5.32 Å². The van der Waals surface area contributed by atoms with Crippen molar-refractivity contribution in [3.63, 3.8) is 0 Å². The molecule has 4 aliphatic rings. The fraction of sp³-hybridized carbons (Fsp3) is 0.737. The van der Waals surface area contributed by atoms with Crippen molar-refractivity contribution < 1.29 is 9.47 Å². The number of hydrogen-bond acceptors (Lipinski definition) is 6. The molecule has 1 saturated heterocycles. The van der Waals surface area contributed by atoms with Gasteiger partial charge in [0, 0.05) is 6.04 Å². The molecule has 27 heavy (non-hydrogen) atoms. The Kier molecular flexibility index (Phi) is 3.39. The molecule has 4 fully saturated rings. The van der Waals surface area contributed by atoms with Crippen LogP contribution in [0.2, 0.25) is 5.28 Å². The molecule has 0 aromatic carbocycles. The molecule has 0 radical (unpaired) electrons. The Balaban J connectivity index is 1.40. The molecule has 8 heteroatoms. The molecule has 0 amide bonds. The van der Waals surface area contributed by atoms with E-state index in [1.807, 2.05) is 20.2 Å². The summed E-state index contributed by atoms with van der Waals surface area (Å²) in [5.74, 6) is 1.36. The van der Waals surface area contributed by atoms with Gasteiger partial charge in [-0.3, -0.25) is 0 Å². The second kappa shape index (κ2) is 5.55. The third-order valence-corrected chi connectivity index (χ3v) is 6.83. The maximum absolute atomic E-state index is 6.29. The summed E-state index contributed by atoms with van der Waals surface area (Å²) in [5, 5.41) is 3.80. The Labute approximate surface area is 162 Å². The molecule has 0 unspecified atom stereocenters. The first-order chi connectivity index (χ1) is 13.0. The molecule has 144 valence electrons. The van der Waals surface area contributed by atoms with Crippen LogP contribution in [0.15, 0.2) is 6.33 Å². The molecule has 2 aromatic rings. The molecule has 1 N–H and O–H groups in total. The van der Waals surface area contributed by atoms with E-state index >= 15 is 0 Å². The molecule has 2 aromatic heterocycles. The highest BCUT2D eigenvalue weighted by Gasteiger charge is 2.66. The zero-order chi connectivity index (χ0) is 18.3. The van der Waals surface area contributed by atoms with Gasteiger partial charge in [0.05, 0.1) is 18.5 Å². The third kappa shape index (κ3) is 2.51. The lowest BCUT2D eigenvalue weighted by atomic mass is 10.1. The average Bonchev–Trinajstić information content (AvgIpc) is 2.95. The number of anilines is 1. The van der Waals surface area contributed by atoms with Crippen LogP contribution in [0.5, 0.6) is 0 Å². The van der Waals surface area contributed by atoms with Crippen molar-refractivity contribution in [3.05, 3.63) is 11.6 Å². The molecular weight excluding hydrogens is 366 g/mol. The molecular formula is C19H24ClN5O2. The lowest BCUT2D eigenvalue weighted by molar-refractivity contribution is -0.156. The van der Waals surface area contributed by atoms with Gasteiger partial charge in [0.25, 0.3) is 0 Å². The van der Waals surface area contributed by atoms with Crippen molar-refractivity contribution >= 4 is 28.6 Å². The standard InChI is InChI=1S/C19H24ClN5O2/c1-19(2)26-14-11-7-10(11)13(15(14)27-19)25-8-21-12-16(22-9-5-3-4-6-9)23-18(20)24-17(12)25/h8-11,13-15H,3-7H2,1-2H3,(H,22,23,24)/t10-,11+,13+,14+,15-/m0/s1. The molecule has 7 nitrogen and oxygen atoms in total. The first kappa shape index (κ1) is 16.5. The van der Waals surface area contributed by atoms with Crippen LogP contribution in [0.4, 0.5) is 5.82 Å². The summed E-state index contributed by atoms with van der Waals surface area (Å²) in [5.41, 5.74) is 1.59. The summed E-state index contributed by atoms with van der Waals surface area (Å²) in [6, 6.07) is 0.637. The predicted molar refractivity (Wildman–Crippen MR) is 101 cm³/mol. The Hall–Kier alpha value is -1.44. The Morgan fingerprint density at radius 1 is 1.15 bits per heavy atom. The van der Waals surface area contributed by atoms with Crippen molar-refractivity contribution in [2.45, 2.75) is 76.0 Å². The van der Waals surface area contributed by atoms with Gasteiger partial charge in [0.15, 0.2) is 22.8 Å². The lowest BCUT2D eigenvalue weighted by Crippen LogP contribution is -2.30. The van der Waals surface area contributed by atoms with E-state index in [2.05, 4.69) is 24.8 Å².